The molecule has 2 rings (SSSR count). The van der Waals surface area contributed by atoms with Crippen molar-refractivity contribution in [3.63, 3.8) is 0 Å². The van der Waals surface area contributed by atoms with Crippen LogP contribution >= 0.6 is 0 Å². The maximum atomic E-state index is 12.4. The molecule has 1 unspecified atom stereocenters. The molecular weight excluding hydrogens is 240 g/mol. The average Bonchev–Trinajstić information content (AvgIpc) is 3.22. The second-order valence-electron chi connectivity index (χ2n) is 4.95. The summed E-state index contributed by atoms with van der Waals surface area (Å²) >= 11 is 0. The summed E-state index contributed by atoms with van der Waals surface area (Å²) < 4.78 is 5.38. The van der Waals surface area contributed by atoms with E-state index in [9.17, 15) is 4.79 Å². The maximum absolute atomic E-state index is 12.4. The lowest BCUT2D eigenvalue weighted by molar-refractivity contribution is 0.0939. The van der Waals surface area contributed by atoms with Gasteiger partial charge in [-0.3, -0.25) is 4.79 Å². The van der Waals surface area contributed by atoms with Gasteiger partial charge in [0.1, 0.15) is 5.75 Å². The van der Waals surface area contributed by atoms with Crippen LogP contribution in [0.5, 0.6) is 5.75 Å². The van der Waals surface area contributed by atoms with E-state index >= 15 is 0 Å². The van der Waals surface area contributed by atoms with E-state index in [1.54, 1.807) is 18.2 Å². The minimum Gasteiger partial charge on any atom is -0.492 e. The first kappa shape index (κ1) is 13.9. The zero-order chi connectivity index (χ0) is 13.8. The van der Waals surface area contributed by atoms with Crippen LogP contribution in [0.4, 0.5) is 5.69 Å². The number of nitrogens with one attached hydrogen (secondary N) is 1. The number of carbonyl (C=O) groups is 1. The number of nitrogen functional groups attached to an aromatic ring is 1. The first-order valence-corrected chi connectivity index (χ1v) is 6.98. The van der Waals surface area contributed by atoms with Crippen LogP contribution in [0.3, 0.4) is 0 Å². The molecule has 0 heterocycles. The van der Waals surface area contributed by atoms with Gasteiger partial charge in [0, 0.05) is 11.6 Å². The highest BCUT2D eigenvalue weighted by molar-refractivity contribution is 6.01. The molecule has 1 aliphatic carbocycles. The largest absolute Gasteiger partial charge is 0.492 e. The summed E-state index contributed by atoms with van der Waals surface area (Å²) in [5.41, 5.74) is 7.08. The highest BCUT2D eigenvalue weighted by Gasteiger charge is 2.27. The van der Waals surface area contributed by atoms with Crippen molar-refractivity contribution in [3.05, 3.63) is 23.8 Å². The van der Waals surface area contributed by atoms with E-state index in [-0.39, 0.29) is 11.8 Å². The summed E-state index contributed by atoms with van der Waals surface area (Å²) in [5.74, 6) is 0.756. The van der Waals surface area contributed by atoms with Crippen molar-refractivity contribution in [3.8, 4) is 5.75 Å². The molecule has 19 heavy (non-hydrogen) atoms. The van der Waals surface area contributed by atoms with Crippen molar-refractivity contribution < 1.29 is 9.53 Å². The van der Waals surface area contributed by atoms with Gasteiger partial charge >= 0.3 is 0 Å². The molecule has 1 atom stereocenters. The quantitative estimate of drug-likeness (QED) is 0.585. The third kappa shape index (κ3) is 3.47. The number of anilines is 1. The zero-order valence-electron chi connectivity index (χ0n) is 11.6. The van der Waals surface area contributed by atoms with Crippen molar-refractivity contribution >= 4 is 11.5 Å². The molecule has 0 radical (unpaired) electrons. The van der Waals surface area contributed by atoms with Gasteiger partial charge in [-0.1, -0.05) is 6.92 Å². The first-order valence-electron chi connectivity index (χ1n) is 6.98. The lowest BCUT2D eigenvalue weighted by Gasteiger charge is -2.16. The molecule has 0 saturated heterocycles. The Labute approximate surface area is 114 Å². The number of benzene rings is 1. The highest BCUT2D eigenvalue weighted by Crippen LogP contribution is 2.25. The van der Waals surface area contributed by atoms with Crippen LogP contribution in [0.2, 0.25) is 0 Å². The second kappa shape index (κ2) is 6.06. The highest BCUT2D eigenvalue weighted by atomic mass is 16.5. The van der Waals surface area contributed by atoms with E-state index in [0.717, 1.165) is 6.42 Å². The summed E-state index contributed by atoms with van der Waals surface area (Å²) in [4.78, 5) is 12.4. The van der Waals surface area contributed by atoms with Crippen LogP contribution in [0, 0.1) is 0 Å². The lowest BCUT2D eigenvalue weighted by Crippen LogP contribution is -2.37. The number of hydrogen-bond acceptors (Lipinski definition) is 4. The average molecular weight is 262 g/mol. The smallest absolute Gasteiger partial charge is 0.179 e. The van der Waals surface area contributed by atoms with Crippen LogP contribution in [-0.2, 0) is 0 Å². The molecule has 0 spiro atoms. The van der Waals surface area contributed by atoms with Crippen molar-refractivity contribution in [1.29, 1.82) is 0 Å². The zero-order valence-corrected chi connectivity index (χ0v) is 11.6. The third-order valence-corrected chi connectivity index (χ3v) is 3.33. The lowest BCUT2D eigenvalue weighted by atomic mass is 10.0. The molecule has 0 amide bonds. The summed E-state index contributed by atoms with van der Waals surface area (Å²) in [6, 6.07) is 5.69. The Morgan fingerprint density at radius 3 is 2.74 bits per heavy atom. The molecule has 1 fully saturated rings. The molecule has 0 aromatic heterocycles. The Balaban J connectivity index is 2.10. The second-order valence-corrected chi connectivity index (χ2v) is 4.95. The van der Waals surface area contributed by atoms with Gasteiger partial charge in [-0.25, -0.2) is 0 Å². The molecule has 104 valence electrons. The molecule has 1 aliphatic rings. The van der Waals surface area contributed by atoms with Gasteiger partial charge in [0.15, 0.2) is 5.78 Å². The van der Waals surface area contributed by atoms with Crippen LogP contribution in [0.25, 0.3) is 0 Å². The molecule has 4 heteroatoms. The number of ketones is 1. The van der Waals surface area contributed by atoms with Crippen molar-refractivity contribution in [2.24, 2.45) is 0 Å². The van der Waals surface area contributed by atoms with Crippen molar-refractivity contribution in [1.82, 2.24) is 5.32 Å². The van der Waals surface area contributed by atoms with E-state index in [0.29, 0.717) is 29.6 Å². The van der Waals surface area contributed by atoms with Gasteiger partial charge in [0.2, 0.25) is 0 Å². The summed E-state index contributed by atoms with van der Waals surface area (Å²) in [5, 5.41) is 3.38. The first-order chi connectivity index (χ1) is 9.15. The molecule has 4 nitrogen and oxygen atoms in total. The van der Waals surface area contributed by atoms with Crippen LogP contribution < -0.4 is 15.8 Å². The van der Waals surface area contributed by atoms with E-state index in [4.69, 9.17) is 10.5 Å². The standard InChI is InChI=1S/C15H22N2O2/c1-3-13(17-11-6-7-11)15(18)10-5-8-14(19-4-2)12(16)9-10/h5,8-9,11,13,17H,3-4,6-7,16H2,1-2H3. The van der Waals surface area contributed by atoms with Gasteiger partial charge in [-0.15, -0.1) is 0 Å². The van der Waals surface area contributed by atoms with Gasteiger partial charge < -0.3 is 15.8 Å². The fraction of sp³-hybridized carbons (Fsp3) is 0.533. The minimum absolute atomic E-state index is 0.107. The van der Waals surface area contributed by atoms with Gasteiger partial charge in [-0.2, -0.15) is 0 Å². The van der Waals surface area contributed by atoms with Gasteiger partial charge in [-0.05, 0) is 44.4 Å². The molecule has 0 aliphatic heterocycles. The molecule has 0 bridgehead atoms. The van der Waals surface area contributed by atoms with Crippen molar-refractivity contribution in [2.75, 3.05) is 12.3 Å². The van der Waals surface area contributed by atoms with Gasteiger partial charge in [0.05, 0.1) is 18.3 Å². The summed E-state index contributed by atoms with van der Waals surface area (Å²) in [6.07, 6.45) is 3.15. The molecule has 1 aromatic rings. The van der Waals surface area contributed by atoms with E-state index in [2.05, 4.69) is 5.32 Å². The Bertz CT molecular complexity index is 455. The van der Waals surface area contributed by atoms with E-state index < -0.39 is 0 Å². The predicted octanol–water partition coefficient (Wildman–Crippen LogP) is 2.38. The third-order valence-electron chi connectivity index (χ3n) is 3.33. The minimum atomic E-state index is -0.107. The number of rotatable bonds is 7. The van der Waals surface area contributed by atoms with Crippen LogP contribution in [0.1, 0.15) is 43.5 Å². The summed E-state index contributed by atoms with van der Waals surface area (Å²) in [7, 11) is 0. The Hall–Kier alpha value is -1.55. The Morgan fingerprint density at radius 1 is 1.47 bits per heavy atom. The fourth-order valence-electron chi connectivity index (χ4n) is 2.10. The number of carbonyl (C=O) groups excluding carboxylic acids is 1. The van der Waals surface area contributed by atoms with Crippen LogP contribution in [-0.4, -0.2) is 24.5 Å². The maximum Gasteiger partial charge on any atom is 0.179 e. The van der Waals surface area contributed by atoms with E-state index in [1.165, 1.54) is 12.8 Å². The SMILES string of the molecule is CCOc1ccc(C(=O)C(CC)NC2CC2)cc1N. The molecule has 1 aromatic carbocycles. The normalized spacial score (nSPS) is 16.1. The Morgan fingerprint density at radius 2 is 2.21 bits per heavy atom. The molecule has 3 N–H and O–H groups in total. The summed E-state index contributed by atoms with van der Waals surface area (Å²) in [6.45, 7) is 4.50. The van der Waals surface area contributed by atoms with Crippen LogP contribution in [0.15, 0.2) is 18.2 Å². The fourth-order valence-corrected chi connectivity index (χ4v) is 2.10. The molecular formula is C15H22N2O2. The monoisotopic (exact) mass is 262 g/mol. The topological polar surface area (TPSA) is 64.3 Å². The Kier molecular flexibility index (Phi) is 4.43. The van der Waals surface area contributed by atoms with E-state index in [1.807, 2.05) is 13.8 Å². The van der Waals surface area contributed by atoms with Crippen molar-refractivity contribution in [2.45, 2.75) is 45.2 Å². The number of ether oxygens (including phenoxy) is 1. The predicted molar refractivity (Wildman–Crippen MR) is 76.6 cm³/mol. The number of Topliss-reactive ketones (excluding diaryl/α,β-unsaturated/α-hetero) is 1. The number of nitrogens with two attached hydrogens (primary N) is 1. The van der Waals surface area contributed by atoms with Gasteiger partial charge in [0.25, 0.3) is 0 Å². The number of hydrogen-bond donors (Lipinski definition) is 2. The molecule has 1 saturated carbocycles.